The minimum absolute atomic E-state index is 0.275. The Morgan fingerprint density at radius 2 is 1.00 bits per heavy atom. The monoisotopic (exact) mass is 347 g/mol. The highest BCUT2D eigenvalue weighted by Crippen LogP contribution is 2.12. The van der Waals surface area contributed by atoms with E-state index in [0.717, 1.165) is 25.7 Å². The van der Waals surface area contributed by atoms with Gasteiger partial charge in [-0.25, -0.2) is 0 Å². The molecule has 0 aromatic heterocycles. The molecular formula is C19H29N3O3. The molecule has 1 aromatic carbocycles. The van der Waals surface area contributed by atoms with Crippen molar-refractivity contribution in [2.45, 2.75) is 46.5 Å². The van der Waals surface area contributed by atoms with Gasteiger partial charge in [0.25, 0.3) is 17.7 Å². The smallest absolute Gasteiger partial charge is 0.251 e. The van der Waals surface area contributed by atoms with Crippen molar-refractivity contribution in [3.8, 4) is 0 Å². The predicted molar refractivity (Wildman–Crippen MR) is 98.9 cm³/mol. The zero-order valence-electron chi connectivity index (χ0n) is 15.4. The Balaban J connectivity index is 3.06. The van der Waals surface area contributed by atoms with Crippen molar-refractivity contribution in [1.29, 1.82) is 0 Å². The Labute approximate surface area is 149 Å². The Morgan fingerprint density at radius 3 is 1.32 bits per heavy atom. The molecule has 0 bridgehead atoms. The van der Waals surface area contributed by atoms with Crippen molar-refractivity contribution < 1.29 is 14.4 Å². The van der Waals surface area contributed by atoms with Crippen LogP contribution in [0.2, 0.25) is 0 Å². The number of benzene rings is 1. The van der Waals surface area contributed by atoms with Gasteiger partial charge in [0.1, 0.15) is 0 Å². The van der Waals surface area contributed by atoms with Crippen LogP contribution < -0.4 is 16.0 Å². The normalized spacial score (nSPS) is 10.2. The second-order valence-corrected chi connectivity index (χ2v) is 5.92. The van der Waals surface area contributed by atoms with Crippen molar-refractivity contribution in [1.82, 2.24) is 16.0 Å². The van der Waals surface area contributed by atoms with Gasteiger partial charge in [-0.05, 0) is 37.5 Å². The van der Waals surface area contributed by atoms with E-state index in [-0.39, 0.29) is 17.7 Å². The van der Waals surface area contributed by atoms with Crippen LogP contribution in [0.1, 0.15) is 77.5 Å². The Hall–Kier alpha value is -2.37. The van der Waals surface area contributed by atoms with E-state index in [0.29, 0.717) is 36.3 Å². The lowest BCUT2D eigenvalue weighted by atomic mass is 10.0. The van der Waals surface area contributed by atoms with E-state index in [9.17, 15) is 14.4 Å². The first-order valence-corrected chi connectivity index (χ1v) is 9.03. The second kappa shape index (κ2) is 11.2. The van der Waals surface area contributed by atoms with Gasteiger partial charge in [-0.1, -0.05) is 27.2 Å². The second-order valence-electron chi connectivity index (χ2n) is 5.92. The molecule has 3 N–H and O–H groups in total. The lowest BCUT2D eigenvalue weighted by Crippen LogP contribution is -2.29. The van der Waals surface area contributed by atoms with Crippen LogP contribution in [0.3, 0.4) is 0 Å². The standard InChI is InChI=1S/C19H29N3O3/c1-4-7-10-22-19(25)16-12-14(17(23)20-8-5-2)11-15(13-16)18(24)21-9-6-3/h11-13H,4-10H2,1-3H3,(H,20,23)(H,21,24)(H,22,25). The van der Waals surface area contributed by atoms with E-state index in [2.05, 4.69) is 16.0 Å². The van der Waals surface area contributed by atoms with Crippen LogP contribution in [0.15, 0.2) is 18.2 Å². The number of rotatable bonds is 10. The van der Waals surface area contributed by atoms with Gasteiger partial charge in [0, 0.05) is 36.3 Å². The molecule has 0 aliphatic heterocycles. The molecule has 3 amide bonds. The summed E-state index contributed by atoms with van der Waals surface area (Å²) >= 11 is 0. The number of nitrogens with one attached hydrogen (secondary N) is 3. The number of carbonyl (C=O) groups is 3. The lowest BCUT2D eigenvalue weighted by molar-refractivity contribution is 0.0952. The molecule has 0 unspecified atom stereocenters. The zero-order valence-corrected chi connectivity index (χ0v) is 15.4. The highest BCUT2D eigenvalue weighted by molar-refractivity contribution is 6.04. The van der Waals surface area contributed by atoms with Gasteiger partial charge in [0.2, 0.25) is 0 Å². The van der Waals surface area contributed by atoms with Crippen LogP contribution in [0.4, 0.5) is 0 Å². The van der Waals surface area contributed by atoms with Crippen molar-refractivity contribution in [3.63, 3.8) is 0 Å². The molecule has 6 nitrogen and oxygen atoms in total. The highest BCUT2D eigenvalue weighted by Gasteiger charge is 2.16. The predicted octanol–water partition coefficient (Wildman–Crippen LogP) is 2.50. The average Bonchev–Trinajstić information content (AvgIpc) is 2.63. The van der Waals surface area contributed by atoms with E-state index in [1.165, 1.54) is 18.2 Å². The lowest BCUT2D eigenvalue weighted by Gasteiger charge is -2.11. The first-order chi connectivity index (χ1) is 12.0. The van der Waals surface area contributed by atoms with Gasteiger partial charge in [-0.2, -0.15) is 0 Å². The van der Waals surface area contributed by atoms with E-state index >= 15 is 0 Å². The quantitative estimate of drug-likeness (QED) is 0.568. The molecule has 0 aliphatic carbocycles. The minimum Gasteiger partial charge on any atom is -0.352 e. The molecule has 0 atom stereocenters. The third kappa shape index (κ3) is 6.95. The molecule has 1 rings (SSSR count). The summed E-state index contributed by atoms with van der Waals surface area (Å²) in [6, 6.07) is 4.59. The Bertz CT molecular complexity index is 561. The fourth-order valence-electron chi connectivity index (χ4n) is 2.18. The maximum atomic E-state index is 12.3. The van der Waals surface area contributed by atoms with Gasteiger partial charge < -0.3 is 16.0 Å². The molecule has 25 heavy (non-hydrogen) atoms. The summed E-state index contributed by atoms with van der Waals surface area (Å²) in [5.41, 5.74) is 0.957. The van der Waals surface area contributed by atoms with Gasteiger partial charge in [0.15, 0.2) is 0 Å². The minimum atomic E-state index is -0.283. The fourth-order valence-corrected chi connectivity index (χ4v) is 2.18. The number of hydrogen-bond donors (Lipinski definition) is 3. The van der Waals surface area contributed by atoms with Gasteiger partial charge in [-0.3, -0.25) is 14.4 Å². The van der Waals surface area contributed by atoms with Crippen molar-refractivity contribution >= 4 is 17.7 Å². The molecule has 0 radical (unpaired) electrons. The number of unbranched alkanes of at least 4 members (excludes halogenated alkanes) is 1. The largest absolute Gasteiger partial charge is 0.352 e. The first kappa shape index (κ1) is 20.7. The van der Waals surface area contributed by atoms with E-state index in [4.69, 9.17) is 0 Å². The number of amides is 3. The van der Waals surface area contributed by atoms with E-state index in [1.807, 2.05) is 20.8 Å². The molecular weight excluding hydrogens is 318 g/mol. The highest BCUT2D eigenvalue weighted by atomic mass is 16.2. The summed E-state index contributed by atoms with van der Waals surface area (Å²) < 4.78 is 0. The van der Waals surface area contributed by atoms with Crippen LogP contribution in [0, 0.1) is 0 Å². The summed E-state index contributed by atoms with van der Waals surface area (Å²) in [4.78, 5) is 36.8. The summed E-state index contributed by atoms with van der Waals surface area (Å²) in [5.74, 6) is -0.840. The van der Waals surface area contributed by atoms with E-state index < -0.39 is 0 Å². The average molecular weight is 347 g/mol. The SMILES string of the molecule is CCCCNC(=O)c1cc(C(=O)NCCC)cc(C(=O)NCCC)c1. The fraction of sp³-hybridized carbons (Fsp3) is 0.526. The van der Waals surface area contributed by atoms with Crippen LogP contribution in [0.5, 0.6) is 0 Å². The molecule has 0 spiro atoms. The summed E-state index contributed by atoms with van der Waals surface area (Å²) in [7, 11) is 0. The number of carbonyl (C=O) groups excluding carboxylic acids is 3. The Kier molecular flexibility index (Phi) is 9.29. The van der Waals surface area contributed by atoms with E-state index in [1.54, 1.807) is 0 Å². The van der Waals surface area contributed by atoms with Crippen molar-refractivity contribution in [2.75, 3.05) is 19.6 Å². The molecule has 138 valence electrons. The molecule has 0 saturated carbocycles. The van der Waals surface area contributed by atoms with Crippen LogP contribution >= 0.6 is 0 Å². The van der Waals surface area contributed by atoms with Crippen molar-refractivity contribution in [3.05, 3.63) is 34.9 Å². The molecule has 6 heteroatoms. The van der Waals surface area contributed by atoms with Gasteiger partial charge in [-0.15, -0.1) is 0 Å². The van der Waals surface area contributed by atoms with Gasteiger partial charge in [0.05, 0.1) is 0 Å². The third-order valence-corrected chi connectivity index (χ3v) is 3.61. The maximum Gasteiger partial charge on any atom is 0.251 e. The first-order valence-electron chi connectivity index (χ1n) is 9.03. The zero-order chi connectivity index (χ0) is 18.7. The van der Waals surface area contributed by atoms with Crippen LogP contribution in [0.25, 0.3) is 0 Å². The summed E-state index contributed by atoms with van der Waals surface area (Å²) in [6.45, 7) is 7.62. The molecule has 0 saturated heterocycles. The van der Waals surface area contributed by atoms with Crippen LogP contribution in [-0.2, 0) is 0 Å². The molecule has 1 aromatic rings. The summed E-state index contributed by atoms with van der Waals surface area (Å²) in [5, 5.41) is 8.36. The van der Waals surface area contributed by atoms with Crippen LogP contribution in [-0.4, -0.2) is 37.4 Å². The Morgan fingerprint density at radius 1 is 0.640 bits per heavy atom. The number of hydrogen-bond acceptors (Lipinski definition) is 3. The molecule has 0 fully saturated rings. The molecule has 0 aliphatic rings. The van der Waals surface area contributed by atoms with Gasteiger partial charge >= 0.3 is 0 Å². The van der Waals surface area contributed by atoms with Crippen molar-refractivity contribution in [2.24, 2.45) is 0 Å². The topological polar surface area (TPSA) is 87.3 Å². The molecule has 0 heterocycles. The summed E-state index contributed by atoms with van der Waals surface area (Å²) in [6.07, 6.45) is 3.48. The third-order valence-electron chi connectivity index (χ3n) is 3.61. The maximum absolute atomic E-state index is 12.3.